The van der Waals surface area contributed by atoms with E-state index in [0.29, 0.717) is 0 Å². The molecule has 0 spiro atoms. The first-order valence-electron chi connectivity index (χ1n) is 5.72. The molecule has 0 saturated heterocycles. The fraction of sp³-hybridized carbons (Fsp3) is 0.846. The van der Waals surface area contributed by atoms with Crippen molar-refractivity contribution in [3.8, 4) is 0 Å². The highest BCUT2D eigenvalue weighted by molar-refractivity contribution is 4.94. The van der Waals surface area contributed by atoms with E-state index in [0.717, 1.165) is 11.8 Å². The van der Waals surface area contributed by atoms with Crippen LogP contribution in [0, 0.1) is 11.8 Å². The lowest BCUT2D eigenvalue weighted by atomic mass is 9.96. The molecule has 0 rings (SSSR count). The second-order valence-electron chi connectivity index (χ2n) is 4.73. The van der Waals surface area contributed by atoms with Crippen LogP contribution in [-0.4, -0.2) is 0 Å². The first kappa shape index (κ1) is 12.7. The van der Waals surface area contributed by atoms with Crippen molar-refractivity contribution in [2.24, 2.45) is 11.8 Å². The fourth-order valence-electron chi connectivity index (χ4n) is 1.27. The Labute approximate surface area is 84.4 Å². The van der Waals surface area contributed by atoms with Crippen LogP contribution in [0.5, 0.6) is 0 Å². The van der Waals surface area contributed by atoms with Gasteiger partial charge >= 0.3 is 0 Å². The molecule has 0 aliphatic rings. The molecule has 0 amide bonds. The Bertz CT molecular complexity index is 133. The summed E-state index contributed by atoms with van der Waals surface area (Å²) < 4.78 is 0. The Kier molecular flexibility index (Phi) is 7.03. The Morgan fingerprint density at radius 3 is 2.08 bits per heavy atom. The maximum absolute atomic E-state index is 4.13. The molecule has 0 aliphatic carbocycles. The van der Waals surface area contributed by atoms with Crippen LogP contribution in [0.1, 0.15) is 59.8 Å². The predicted molar refractivity (Wildman–Crippen MR) is 61.9 cm³/mol. The van der Waals surface area contributed by atoms with E-state index in [-0.39, 0.29) is 0 Å². The summed E-state index contributed by atoms with van der Waals surface area (Å²) in [7, 11) is 0. The van der Waals surface area contributed by atoms with Gasteiger partial charge in [-0.25, -0.2) is 0 Å². The van der Waals surface area contributed by atoms with Crippen molar-refractivity contribution in [1.82, 2.24) is 0 Å². The number of hydrogen-bond donors (Lipinski definition) is 0. The molecule has 0 nitrogen and oxygen atoms in total. The van der Waals surface area contributed by atoms with Crippen LogP contribution in [0.25, 0.3) is 0 Å². The van der Waals surface area contributed by atoms with Crippen LogP contribution in [-0.2, 0) is 0 Å². The lowest BCUT2D eigenvalue weighted by Crippen LogP contribution is -1.95. The zero-order valence-electron chi connectivity index (χ0n) is 9.90. The smallest absolute Gasteiger partial charge is 0.0320 e. The molecular weight excluding hydrogens is 156 g/mol. The third kappa shape index (κ3) is 8.08. The summed E-state index contributed by atoms with van der Waals surface area (Å²) in [5.74, 6) is 1.69. The van der Waals surface area contributed by atoms with E-state index in [2.05, 4.69) is 34.3 Å². The summed E-state index contributed by atoms with van der Waals surface area (Å²) in [6.07, 6.45) is 6.40. The first-order chi connectivity index (χ1) is 6.06. The second-order valence-corrected chi connectivity index (χ2v) is 4.73. The first-order valence-corrected chi connectivity index (χ1v) is 5.72. The molecule has 13 heavy (non-hydrogen) atoms. The zero-order valence-corrected chi connectivity index (χ0v) is 9.90. The molecular formula is C13H26. The molecule has 0 aliphatic heterocycles. The largest absolute Gasteiger partial charge is 0.0999 e. The standard InChI is InChI=1S/C13H26/c1-6-12(4)9-10-13(5)8-7-11(2)3/h11-12H,5-10H2,1-4H3. The van der Waals surface area contributed by atoms with Gasteiger partial charge < -0.3 is 0 Å². The highest BCUT2D eigenvalue weighted by Crippen LogP contribution is 2.18. The van der Waals surface area contributed by atoms with Crippen molar-refractivity contribution in [3.05, 3.63) is 12.2 Å². The van der Waals surface area contributed by atoms with Gasteiger partial charge in [-0.15, -0.1) is 0 Å². The number of hydrogen-bond acceptors (Lipinski definition) is 0. The molecule has 1 atom stereocenters. The third-order valence-corrected chi connectivity index (χ3v) is 2.76. The van der Waals surface area contributed by atoms with Gasteiger partial charge in [0.2, 0.25) is 0 Å². The summed E-state index contributed by atoms with van der Waals surface area (Å²) in [6, 6.07) is 0. The zero-order chi connectivity index (χ0) is 10.3. The summed E-state index contributed by atoms with van der Waals surface area (Å²) in [5.41, 5.74) is 1.45. The van der Waals surface area contributed by atoms with Crippen LogP contribution < -0.4 is 0 Å². The van der Waals surface area contributed by atoms with Gasteiger partial charge in [-0.3, -0.25) is 0 Å². The monoisotopic (exact) mass is 182 g/mol. The topological polar surface area (TPSA) is 0 Å². The van der Waals surface area contributed by atoms with Crippen LogP contribution in [0.4, 0.5) is 0 Å². The van der Waals surface area contributed by atoms with Crippen molar-refractivity contribution in [2.45, 2.75) is 59.8 Å². The molecule has 1 unspecified atom stereocenters. The minimum atomic E-state index is 0.820. The van der Waals surface area contributed by atoms with Gasteiger partial charge in [0.1, 0.15) is 0 Å². The minimum Gasteiger partial charge on any atom is -0.0999 e. The van der Waals surface area contributed by atoms with Gasteiger partial charge in [-0.1, -0.05) is 46.3 Å². The Balaban J connectivity index is 3.40. The summed E-state index contributed by atoms with van der Waals surface area (Å²) in [4.78, 5) is 0. The number of allylic oxidation sites excluding steroid dienone is 1. The van der Waals surface area contributed by atoms with Crippen molar-refractivity contribution in [1.29, 1.82) is 0 Å². The molecule has 78 valence electrons. The van der Waals surface area contributed by atoms with Gasteiger partial charge in [0, 0.05) is 0 Å². The molecule has 0 aromatic carbocycles. The lowest BCUT2D eigenvalue weighted by molar-refractivity contribution is 0.502. The van der Waals surface area contributed by atoms with Crippen molar-refractivity contribution < 1.29 is 0 Å². The molecule has 0 N–H and O–H groups in total. The highest BCUT2D eigenvalue weighted by atomic mass is 14.1. The van der Waals surface area contributed by atoms with E-state index in [9.17, 15) is 0 Å². The fourth-order valence-corrected chi connectivity index (χ4v) is 1.27. The van der Waals surface area contributed by atoms with Crippen molar-refractivity contribution in [3.63, 3.8) is 0 Å². The van der Waals surface area contributed by atoms with E-state index < -0.39 is 0 Å². The van der Waals surface area contributed by atoms with Crippen molar-refractivity contribution in [2.75, 3.05) is 0 Å². The number of rotatable bonds is 7. The van der Waals surface area contributed by atoms with Gasteiger partial charge in [-0.05, 0) is 37.5 Å². The minimum absolute atomic E-state index is 0.820. The maximum Gasteiger partial charge on any atom is -0.0320 e. The molecule has 0 radical (unpaired) electrons. The second kappa shape index (κ2) is 7.17. The third-order valence-electron chi connectivity index (χ3n) is 2.76. The van der Waals surface area contributed by atoms with Gasteiger partial charge in [0.05, 0.1) is 0 Å². The Morgan fingerprint density at radius 1 is 1.08 bits per heavy atom. The van der Waals surface area contributed by atoms with E-state index in [4.69, 9.17) is 0 Å². The Morgan fingerprint density at radius 2 is 1.62 bits per heavy atom. The maximum atomic E-state index is 4.13. The summed E-state index contributed by atoms with van der Waals surface area (Å²) in [6.45, 7) is 13.3. The van der Waals surface area contributed by atoms with Crippen molar-refractivity contribution >= 4 is 0 Å². The van der Waals surface area contributed by atoms with E-state index >= 15 is 0 Å². The van der Waals surface area contributed by atoms with Crippen LogP contribution in [0.3, 0.4) is 0 Å². The SMILES string of the molecule is C=C(CCC(C)C)CCC(C)CC. The molecule has 0 bridgehead atoms. The van der Waals surface area contributed by atoms with Crippen LogP contribution in [0.2, 0.25) is 0 Å². The summed E-state index contributed by atoms with van der Waals surface area (Å²) >= 11 is 0. The predicted octanol–water partition coefficient (Wildman–Crippen LogP) is 4.81. The average molecular weight is 182 g/mol. The van der Waals surface area contributed by atoms with E-state index in [1.54, 1.807) is 0 Å². The van der Waals surface area contributed by atoms with Gasteiger partial charge in [-0.2, -0.15) is 0 Å². The van der Waals surface area contributed by atoms with Crippen LogP contribution in [0.15, 0.2) is 12.2 Å². The average Bonchev–Trinajstić information content (AvgIpc) is 2.10. The lowest BCUT2D eigenvalue weighted by Gasteiger charge is -2.11. The summed E-state index contributed by atoms with van der Waals surface area (Å²) in [5, 5.41) is 0. The Hall–Kier alpha value is -0.260. The van der Waals surface area contributed by atoms with Gasteiger partial charge in [0.15, 0.2) is 0 Å². The normalized spacial score (nSPS) is 13.3. The van der Waals surface area contributed by atoms with Crippen LogP contribution >= 0.6 is 0 Å². The molecule has 0 fully saturated rings. The van der Waals surface area contributed by atoms with E-state index in [1.807, 2.05) is 0 Å². The van der Waals surface area contributed by atoms with Gasteiger partial charge in [0.25, 0.3) is 0 Å². The quantitative estimate of drug-likeness (QED) is 0.496. The molecule has 0 heteroatoms. The highest BCUT2D eigenvalue weighted by Gasteiger charge is 2.01. The molecule has 0 aromatic rings. The van der Waals surface area contributed by atoms with E-state index in [1.165, 1.54) is 37.7 Å². The molecule has 0 saturated carbocycles. The molecule has 0 aromatic heterocycles. The molecule has 0 heterocycles.